The lowest BCUT2D eigenvalue weighted by atomic mass is 10.2. The summed E-state index contributed by atoms with van der Waals surface area (Å²) >= 11 is 0. The Labute approximate surface area is 71.1 Å². The minimum atomic E-state index is -0.0680. The number of aromatic amines is 1. The van der Waals surface area contributed by atoms with Crippen LogP contribution in [0.2, 0.25) is 0 Å². The van der Waals surface area contributed by atoms with Gasteiger partial charge in [0.2, 0.25) is 5.56 Å². The zero-order chi connectivity index (χ0) is 8.81. The molecule has 3 nitrogen and oxygen atoms in total. The minimum absolute atomic E-state index is 0.0680. The highest BCUT2D eigenvalue weighted by Gasteiger charge is 1.85. The number of pyridine rings is 1. The van der Waals surface area contributed by atoms with Gasteiger partial charge >= 0.3 is 0 Å². The first-order chi connectivity index (χ1) is 5.83. The zero-order valence-corrected chi connectivity index (χ0v) is 7.00. The highest BCUT2D eigenvalue weighted by molar-refractivity contribution is 5.47. The van der Waals surface area contributed by atoms with E-state index in [4.69, 9.17) is 0 Å². The molecule has 0 aliphatic heterocycles. The van der Waals surface area contributed by atoms with Crippen molar-refractivity contribution in [3.8, 4) is 0 Å². The Morgan fingerprint density at radius 1 is 1.67 bits per heavy atom. The van der Waals surface area contributed by atoms with Crippen LogP contribution in [0, 0.1) is 0 Å². The molecule has 0 radical (unpaired) electrons. The summed E-state index contributed by atoms with van der Waals surface area (Å²) in [5.41, 5.74) is 0.857. The molecule has 0 unspecified atom stereocenters. The molecule has 2 N–H and O–H groups in total. The standard InChI is InChI=1S/C9H12N2O/c1-10-5-2-3-8-4-6-11-9(12)7-8/h2-4,6-7,10H,5H2,1H3,(H,11,12). The van der Waals surface area contributed by atoms with Gasteiger partial charge in [-0.25, -0.2) is 0 Å². The van der Waals surface area contributed by atoms with Gasteiger partial charge in [0.05, 0.1) is 0 Å². The molecule has 1 aromatic rings. The van der Waals surface area contributed by atoms with Crippen molar-refractivity contribution >= 4 is 6.08 Å². The molecule has 0 atom stereocenters. The summed E-state index contributed by atoms with van der Waals surface area (Å²) in [6, 6.07) is 3.42. The van der Waals surface area contributed by atoms with Crippen LogP contribution in [-0.4, -0.2) is 18.6 Å². The van der Waals surface area contributed by atoms with Gasteiger partial charge in [-0.3, -0.25) is 4.79 Å². The predicted octanol–water partition coefficient (Wildman–Crippen LogP) is 0.608. The van der Waals surface area contributed by atoms with Crippen molar-refractivity contribution in [1.29, 1.82) is 0 Å². The second-order valence-electron chi connectivity index (χ2n) is 2.45. The van der Waals surface area contributed by atoms with Crippen molar-refractivity contribution in [2.45, 2.75) is 0 Å². The smallest absolute Gasteiger partial charge is 0.248 e. The summed E-state index contributed by atoms with van der Waals surface area (Å²) in [7, 11) is 1.88. The second kappa shape index (κ2) is 4.51. The summed E-state index contributed by atoms with van der Waals surface area (Å²) in [4.78, 5) is 13.4. The molecule has 3 heteroatoms. The van der Waals surface area contributed by atoms with Crippen LogP contribution in [0.1, 0.15) is 5.56 Å². The van der Waals surface area contributed by atoms with E-state index in [0.29, 0.717) is 0 Å². The van der Waals surface area contributed by atoms with E-state index in [0.717, 1.165) is 12.1 Å². The van der Waals surface area contributed by atoms with Gasteiger partial charge in [0.25, 0.3) is 0 Å². The Balaban J connectivity index is 2.69. The highest BCUT2D eigenvalue weighted by atomic mass is 16.1. The maximum absolute atomic E-state index is 10.8. The number of likely N-dealkylation sites (N-methyl/N-ethyl adjacent to an activating group) is 1. The first-order valence-electron chi connectivity index (χ1n) is 3.83. The first-order valence-corrected chi connectivity index (χ1v) is 3.83. The molecule has 0 amide bonds. The molecule has 0 fully saturated rings. The Kier molecular flexibility index (Phi) is 3.29. The average molecular weight is 164 g/mol. The Hall–Kier alpha value is -1.35. The maximum atomic E-state index is 10.8. The highest BCUT2D eigenvalue weighted by Crippen LogP contribution is 1.94. The van der Waals surface area contributed by atoms with E-state index in [1.165, 1.54) is 0 Å². The van der Waals surface area contributed by atoms with Gasteiger partial charge < -0.3 is 10.3 Å². The molecule has 12 heavy (non-hydrogen) atoms. The van der Waals surface area contributed by atoms with E-state index in [1.54, 1.807) is 12.3 Å². The monoisotopic (exact) mass is 164 g/mol. The fourth-order valence-corrected chi connectivity index (χ4v) is 0.878. The van der Waals surface area contributed by atoms with E-state index in [1.807, 2.05) is 25.3 Å². The Bertz CT molecular complexity index is 314. The number of aromatic nitrogens is 1. The molecule has 1 heterocycles. The summed E-state index contributed by atoms with van der Waals surface area (Å²) < 4.78 is 0. The molecule has 0 aliphatic rings. The molecule has 1 rings (SSSR count). The van der Waals surface area contributed by atoms with Crippen molar-refractivity contribution in [3.63, 3.8) is 0 Å². The molecule has 64 valence electrons. The van der Waals surface area contributed by atoms with E-state index in [-0.39, 0.29) is 5.56 Å². The average Bonchev–Trinajstić information content (AvgIpc) is 2.05. The van der Waals surface area contributed by atoms with Crippen LogP contribution in [0.5, 0.6) is 0 Å². The lowest BCUT2D eigenvalue weighted by Crippen LogP contribution is -2.04. The quantitative estimate of drug-likeness (QED) is 0.687. The van der Waals surface area contributed by atoms with E-state index < -0.39 is 0 Å². The third-order valence-electron chi connectivity index (χ3n) is 1.43. The first kappa shape index (κ1) is 8.74. The molecule has 0 saturated carbocycles. The molecule has 0 aromatic carbocycles. The molecule has 0 aliphatic carbocycles. The fourth-order valence-electron chi connectivity index (χ4n) is 0.878. The van der Waals surface area contributed by atoms with Crippen molar-refractivity contribution in [3.05, 3.63) is 40.3 Å². The number of H-pyrrole nitrogens is 1. The van der Waals surface area contributed by atoms with Gasteiger partial charge in [-0.1, -0.05) is 12.2 Å². The second-order valence-corrected chi connectivity index (χ2v) is 2.45. The van der Waals surface area contributed by atoms with Gasteiger partial charge in [0.1, 0.15) is 0 Å². The topological polar surface area (TPSA) is 44.9 Å². The SMILES string of the molecule is CNCC=Cc1cc[nH]c(=O)c1. The van der Waals surface area contributed by atoms with Crippen LogP contribution in [-0.2, 0) is 0 Å². The van der Waals surface area contributed by atoms with Crippen LogP contribution < -0.4 is 10.9 Å². The predicted molar refractivity (Wildman–Crippen MR) is 50.0 cm³/mol. The van der Waals surface area contributed by atoms with Crippen LogP contribution in [0.25, 0.3) is 6.08 Å². The maximum Gasteiger partial charge on any atom is 0.248 e. The zero-order valence-electron chi connectivity index (χ0n) is 7.00. The number of hydrogen-bond acceptors (Lipinski definition) is 2. The number of rotatable bonds is 3. The van der Waals surface area contributed by atoms with Gasteiger partial charge in [-0.05, 0) is 18.7 Å². The lowest BCUT2D eigenvalue weighted by Gasteiger charge is -1.90. The van der Waals surface area contributed by atoms with Crippen LogP contribution in [0.3, 0.4) is 0 Å². The minimum Gasteiger partial charge on any atom is -0.329 e. The fraction of sp³-hybridized carbons (Fsp3) is 0.222. The molecular formula is C9H12N2O. The van der Waals surface area contributed by atoms with Gasteiger partial charge in [-0.15, -0.1) is 0 Å². The molecule has 1 aromatic heterocycles. The Morgan fingerprint density at radius 2 is 2.50 bits per heavy atom. The van der Waals surface area contributed by atoms with E-state index in [9.17, 15) is 4.79 Å². The van der Waals surface area contributed by atoms with Gasteiger partial charge in [-0.2, -0.15) is 0 Å². The summed E-state index contributed by atoms with van der Waals surface area (Å²) in [6.45, 7) is 0.812. The van der Waals surface area contributed by atoms with Crippen molar-refractivity contribution < 1.29 is 0 Å². The molecule has 0 spiro atoms. The van der Waals surface area contributed by atoms with Gasteiger partial charge in [0, 0.05) is 18.8 Å². The van der Waals surface area contributed by atoms with E-state index >= 15 is 0 Å². The molecular weight excluding hydrogens is 152 g/mol. The van der Waals surface area contributed by atoms with Crippen molar-refractivity contribution in [1.82, 2.24) is 10.3 Å². The van der Waals surface area contributed by atoms with Crippen LogP contribution in [0.15, 0.2) is 29.2 Å². The third kappa shape index (κ3) is 2.72. The van der Waals surface area contributed by atoms with Crippen LogP contribution in [0.4, 0.5) is 0 Å². The van der Waals surface area contributed by atoms with Crippen molar-refractivity contribution in [2.24, 2.45) is 0 Å². The lowest BCUT2D eigenvalue weighted by molar-refractivity contribution is 0.922. The molecule has 0 bridgehead atoms. The van der Waals surface area contributed by atoms with Gasteiger partial charge in [0.15, 0.2) is 0 Å². The van der Waals surface area contributed by atoms with Crippen molar-refractivity contribution in [2.75, 3.05) is 13.6 Å². The molecule has 0 saturated heterocycles. The van der Waals surface area contributed by atoms with E-state index in [2.05, 4.69) is 10.3 Å². The number of hydrogen-bond donors (Lipinski definition) is 2. The third-order valence-corrected chi connectivity index (χ3v) is 1.43. The normalized spacial score (nSPS) is 10.8. The summed E-state index contributed by atoms with van der Waals surface area (Å²) in [6.07, 6.45) is 5.52. The summed E-state index contributed by atoms with van der Waals surface area (Å²) in [5.74, 6) is 0. The Morgan fingerprint density at radius 3 is 3.17 bits per heavy atom. The number of nitrogens with one attached hydrogen (secondary N) is 2. The van der Waals surface area contributed by atoms with Crippen LogP contribution >= 0.6 is 0 Å². The largest absolute Gasteiger partial charge is 0.329 e. The summed E-state index contributed by atoms with van der Waals surface area (Å²) in [5, 5.41) is 2.98.